The van der Waals surface area contributed by atoms with E-state index < -0.39 is 0 Å². The highest BCUT2D eigenvalue weighted by Gasteiger charge is 2.32. The molecule has 25 heavy (non-hydrogen) atoms. The summed E-state index contributed by atoms with van der Waals surface area (Å²) in [6, 6.07) is 3.92. The maximum atomic E-state index is 13.2. The molecule has 4 rings (SSSR count). The highest BCUT2D eigenvalue weighted by atomic mass is 16.5. The van der Waals surface area contributed by atoms with E-state index in [2.05, 4.69) is 5.10 Å². The van der Waals surface area contributed by atoms with Gasteiger partial charge in [-0.1, -0.05) is 0 Å². The summed E-state index contributed by atoms with van der Waals surface area (Å²) >= 11 is 0. The minimum Gasteiger partial charge on any atom is -0.381 e. The Morgan fingerprint density at radius 2 is 1.92 bits per heavy atom. The molecule has 6 nitrogen and oxygen atoms in total. The standard InChI is InChI=1S/C19H26N4O2/c1-21-18(22-8-2-3-9-22)17(13-20-21)19(24)23-10-4-5-16(14-23)15-6-11-25-12-7-15/h2-3,8-9,13,15-16H,4-7,10-12,14H2,1H3. The van der Waals surface area contributed by atoms with Gasteiger partial charge in [-0.2, -0.15) is 5.10 Å². The predicted octanol–water partition coefficient (Wildman–Crippen LogP) is 2.49. The van der Waals surface area contributed by atoms with Crippen LogP contribution in [0.2, 0.25) is 0 Å². The number of piperidine rings is 1. The van der Waals surface area contributed by atoms with Crippen molar-refractivity contribution in [2.75, 3.05) is 26.3 Å². The molecule has 0 spiro atoms. The van der Waals surface area contributed by atoms with E-state index in [1.54, 1.807) is 10.9 Å². The van der Waals surface area contributed by atoms with Crippen molar-refractivity contribution in [2.45, 2.75) is 25.7 Å². The third-order valence-electron chi connectivity index (χ3n) is 5.66. The minimum atomic E-state index is 0.105. The van der Waals surface area contributed by atoms with E-state index in [4.69, 9.17) is 4.74 Å². The lowest BCUT2D eigenvalue weighted by Gasteiger charge is -2.38. The molecule has 0 aliphatic carbocycles. The fourth-order valence-electron chi connectivity index (χ4n) is 4.30. The molecule has 134 valence electrons. The Morgan fingerprint density at radius 1 is 1.16 bits per heavy atom. The SMILES string of the molecule is Cn1ncc(C(=O)N2CCCC(C3CCOCC3)C2)c1-n1cccc1. The molecule has 6 heteroatoms. The molecule has 1 amide bonds. The third-order valence-corrected chi connectivity index (χ3v) is 5.66. The zero-order chi connectivity index (χ0) is 17.2. The second kappa shape index (κ2) is 7.04. The Hall–Kier alpha value is -2.08. The van der Waals surface area contributed by atoms with Crippen LogP contribution in [0, 0.1) is 11.8 Å². The molecule has 0 saturated carbocycles. The first-order valence-corrected chi connectivity index (χ1v) is 9.26. The maximum absolute atomic E-state index is 13.2. The monoisotopic (exact) mass is 342 g/mol. The van der Waals surface area contributed by atoms with Gasteiger partial charge in [0.25, 0.3) is 5.91 Å². The van der Waals surface area contributed by atoms with Crippen molar-refractivity contribution < 1.29 is 9.53 Å². The predicted molar refractivity (Wildman–Crippen MR) is 94.7 cm³/mol. The highest BCUT2D eigenvalue weighted by molar-refractivity contribution is 5.97. The first kappa shape index (κ1) is 16.4. The van der Waals surface area contributed by atoms with Crippen molar-refractivity contribution >= 4 is 5.91 Å². The van der Waals surface area contributed by atoms with Gasteiger partial charge >= 0.3 is 0 Å². The zero-order valence-corrected chi connectivity index (χ0v) is 14.8. The molecule has 0 N–H and O–H groups in total. The van der Waals surface area contributed by atoms with Crippen LogP contribution >= 0.6 is 0 Å². The van der Waals surface area contributed by atoms with Crippen LogP contribution in [0.1, 0.15) is 36.0 Å². The van der Waals surface area contributed by atoms with E-state index in [0.717, 1.165) is 51.4 Å². The lowest BCUT2D eigenvalue weighted by atomic mass is 9.81. The number of nitrogens with zero attached hydrogens (tertiary/aromatic N) is 4. The van der Waals surface area contributed by atoms with E-state index in [1.807, 2.05) is 41.0 Å². The average Bonchev–Trinajstić information content (AvgIpc) is 3.31. The first-order chi connectivity index (χ1) is 12.2. The summed E-state index contributed by atoms with van der Waals surface area (Å²) in [6.07, 6.45) is 10.2. The van der Waals surface area contributed by atoms with E-state index in [9.17, 15) is 4.79 Å². The molecule has 1 unspecified atom stereocenters. The molecule has 4 heterocycles. The van der Waals surface area contributed by atoms with E-state index >= 15 is 0 Å². The molecule has 0 bridgehead atoms. The van der Waals surface area contributed by atoms with Gasteiger partial charge in [-0.25, -0.2) is 0 Å². The molecular weight excluding hydrogens is 316 g/mol. The van der Waals surface area contributed by atoms with Crippen LogP contribution in [0.4, 0.5) is 0 Å². The van der Waals surface area contributed by atoms with Crippen molar-refractivity contribution in [1.82, 2.24) is 19.2 Å². The smallest absolute Gasteiger partial charge is 0.259 e. The molecule has 0 radical (unpaired) electrons. The molecule has 1 atom stereocenters. The summed E-state index contributed by atoms with van der Waals surface area (Å²) in [5.41, 5.74) is 0.686. The molecule has 2 aromatic rings. The summed E-state index contributed by atoms with van der Waals surface area (Å²) in [6.45, 7) is 3.45. The molecule has 2 aromatic heterocycles. The Morgan fingerprint density at radius 3 is 2.68 bits per heavy atom. The number of ether oxygens (including phenoxy) is 1. The summed E-state index contributed by atoms with van der Waals surface area (Å²) in [5, 5.41) is 4.33. The molecular formula is C19H26N4O2. The lowest BCUT2D eigenvalue weighted by molar-refractivity contribution is 0.0252. The second-order valence-corrected chi connectivity index (χ2v) is 7.20. The van der Waals surface area contributed by atoms with Gasteiger partial charge in [0.15, 0.2) is 0 Å². The number of carbonyl (C=O) groups excluding carboxylic acids is 1. The Labute approximate surface area is 148 Å². The van der Waals surface area contributed by atoms with Crippen molar-refractivity contribution in [3.63, 3.8) is 0 Å². The highest BCUT2D eigenvalue weighted by Crippen LogP contribution is 2.31. The van der Waals surface area contributed by atoms with Crippen LogP contribution in [-0.4, -0.2) is 51.5 Å². The summed E-state index contributed by atoms with van der Waals surface area (Å²) < 4.78 is 9.23. The Kier molecular flexibility index (Phi) is 4.61. The van der Waals surface area contributed by atoms with E-state index in [-0.39, 0.29) is 5.91 Å². The summed E-state index contributed by atoms with van der Waals surface area (Å²) in [4.78, 5) is 15.2. The normalized spacial score (nSPS) is 22.3. The largest absolute Gasteiger partial charge is 0.381 e. The summed E-state index contributed by atoms with van der Waals surface area (Å²) in [7, 11) is 1.88. The van der Waals surface area contributed by atoms with Gasteiger partial charge in [0.2, 0.25) is 0 Å². The number of likely N-dealkylation sites (tertiary alicyclic amines) is 1. The van der Waals surface area contributed by atoms with Crippen molar-refractivity contribution in [2.24, 2.45) is 18.9 Å². The summed E-state index contributed by atoms with van der Waals surface area (Å²) in [5.74, 6) is 2.24. The van der Waals surface area contributed by atoms with Gasteiger partial charge < -0.3 is 14.2 Å². The number of hydrogen-bond donors (Lipinski definition) is 0. The van der Waals surface area contributed by atoms with Crippen LogP contribution in [0.3, 0.4) is 0 Å². The maximum Gasteiger partial charge on any atom is 0.259 e. The van der Waals surface area contributed by atoms with Gasteiger partial charge in [0.1, 0.15) is 11.4 Å². The minimum absolute atomic E-state index is 0.105. The third kappa shape index (κ3) is 3.23. The van der Waals surface area contributed by atoms with Crippen LogP contribution in [0.5, 0.6) is 0 Å². The number of amides is 1. The van der Waals surface area contributed by atoms with E-state index in [0.29, 0.717) is 17.4 Å². The van der Waals surface area contributed by atoms with Gasteiger partial charge in [0.05, 0.1) is 6.20 Å². The average molecular weight is 342 g/mol. The number of hydrogen-bond acceptors (Lipinski definition) is 3. The fourth-order valence-corrected chi connectivity index (χ4v) is 4.30. The number of aryl methyl sites for hydroxylation is 1. The van der Waals surface area contributed by atoms with Crippen LogP contribution < -0.4 is 0 Å². The van der Waals surface area contributed by atoms with Crippen molar-refractivity contribution in [3.8, 4) is 5.82 Å². The topological polar surface area (TPSA) is 52.3 Å². The van der Waals surface area contributed by atoms with E-state index in [1.165, 1.54) is 6.42 Å². The molecule has 2 aliphatic heterocycles. The molecule has 2 aliphatic rings. The van der Waals surface area contributed by atoms with Gasteiger partial charge in [0, 0.05) is 45.7 Å². The van der Waals surface area contributed by atoms with Crippen LogP contribution in [0.25, 0.3) is 5.82 Å². The van der Waals surface area contributed by atoms with Crippen molar-refractivity contribution in [3.05, 3.63) is 36.3 Å². The zero-order valence-electron chi connectivity index (χ0n) is 14.8. The van der Waals surface area contributed by atoms with Crippen LogP contribution in [-0.2, 0) is 11.8 Å². The fraction of sp³-hybridized carbons (Fsp3) is 0.579. The van der Waals surface area contributed by atoms with Gasteiger partial charge in [-0.05, 0) is 49.7 Å². The number of rotatable bonds is 3. The lowest BCUT2D eigenvalue weighted by Crippen LogP contribution is -2.43. The molecule has 0 aromatic carbocycles. The Balaban J connectivity index is 1.53. The van der Waals surface area contributed by atoms with Crippen LogP contribution in [0.15, 0.2) is 30.7 Å². The number of carbonyl (C=O) groups is 1. The second-order valence-electron chi connectivity index (χ2n) is 7.20. The molecule has 2 saturated heterocycles. The first-order valence-electron chi connectivity index (χ1n) is 9.26. The van der Waals surface area contributed by atoms with Gasteiger partial charge in [-0.15, -0.1) is 0 Å². The number of aromatic nitrogens is 3. The quantitative estimate of drug-likeness (QED) is 0.861. The molecule has 2 fully saturated rings. The Bertz CT molecular complexity index is 716. The van der Waals surface area contributed by atoms with Crippen molar-refractivity contribution in [1.29, 1.82) is 0 Å². The van der Waals surface area contributed by atoms with Gasteiger partial charge in [-0.3, -0.25) is 9.48 Å².